The predicted molar refractivity (Wildman–Crippen MR) is 133 cm³/mol. The second kappa shape index (κ2) is 15.1. The summed E-state index contributed by atoms with van der Waals surface area (Å²) in [7, 11) is 0. The number of carbonyl (C=O) groups is 6. The van der Waals surface area contributed by atoms with Gasteiger partial charge in [0.15, 0.2) is 0 Å². The van der Waals surface area contributed by atoms with E-state index in [9.17, 15) is 39.0 Å². The SMILES string of the molecule is CC(C)CC(NC(=O)C(Cc1ccc(O)cc1)NC(=O)C(CCC(N)=O)NC(=O)C(N)CC(=O)O)C(=O)O. The molecule has 0 aromatic heterocycles. The van der Waals surface area contributed by atoms with E-state index in [1.54, 1.807) is 13.8 Å². The van der Waals surface area contributed by atoms with Crippen LogP contribution in [-0.2, 0) is 35.2 Å². The van der Waals surface area contributed by atoms with Crippen molar-refractivity contribution in [1.29, 1.82) is 0 Å². The Morgan fingerprint density at radius 3 is 1.87 bits per heavy atom. The van der Waals surface area contributed by atoms with Gasteiger partial charge < -0.3 is 42.7 Å². The highest BCUT2D eigenvalue weighted by Crippen LogP contribution is 2.13. The van der Waals surface area contributed by atoms with Crippen LogP contribution in [0.15, 0.2) is 24.3 Å². The summed E-state index contributed by atoms with van der Waals surface area (Å²) in [6.45, 7) is 3.55. The van der Waals surface area contributed by atoms with Gasteiger partial charge in [0.2, 0.25) is 23.6 Å². The second-order valence-electron chi connectivity index (χ2n) is 9.23. The van der Waals surface area contributed by atoms with Gasteiger partial charge in [-0.2, -0.15) is 0 Å². The quantitative estimate of drug-likeness (QED) is 0.122. The monoisotopic (exact) mass is 537 g/mol. The highest BCUT2D eigenvalue weighted by Gasteiger charge is 2.31. The number of hydrogen-bond acceptors (Lipinski definition) is 8. The average Bonchev–Trinajstić information content (AvgIpc) is 2.80. The number of aromatic hydroxyl groups is 1. The second-order valence-corrected chi connectivity index (χ2v) is 9.23. The zero-order valence-corrected chi connectivity index (χ0v) is 21.2. The molecule has 0 spiro atoms. The standard InChI is InChI=1S/C24H35N5O9/c1-12(2)9-18(24(37)38)29-23(36)17(10-13-3-5-14(30)6-4-13)28-22(35)16(7-8-19(26)31)27-21(34)15(25)11-20(32)33/h3-6,12,15-18,30H,7-11,25H2,1-2H3,(H2,26,31)(H,27,34)(H,28,35)(H,29,36)(H,32,33)(H,37,38). The summed E-state index contributed by atoms with van der Waals surface area (Å²) < 4.78 is 0. The van der Waals surface area contributed by atoms with Crippen LogP contribution >= 0.6 is 0 Å². The molecule has 0 fully saturated rings. The highest BCUT2D eigenvalue weighted by molar-refractivity contribution is 5.95. The minimum atomic E-state index is -1.49. The molecule has 0 aliphatic carbocycles. The van der Waals surface area contributed by atoms with E-state index in [-0.39, 0.29) is 37.4 Å². The molecule has 210 valence electrons. The Labute approximate surface area is 219 Å². The van der Waals surface area contributed by atoms with Crippen LogP contribution in [0.2, 0.25) is 0 Å². The Morgan fingerprint density at radius 1 is 0.842 bits per heavy atom. The van der Waals surface area contributed by atoms with Crippen molar-refractivity contribution in [3.63, 3.8) is 0 Å². The predicted octanol–water partition coefficient (Wildman–Crippen LogP) is -1.41. The fourth-order valence-electron chi connectivity index (χ4n) is 3.43. The molecule has 1 aromatic rings. The molecule has 14 heteroatoms. The molecule has 38 heavy (non-hydrogen) atoms. The summed E-state index contributed by atoms with van der Waals surface area (Å²) in [5.74, 6) is -6.17. The van der Waals surface area contributed by atoms with Gasteiger partial charge in [0.05, 0.1) is 12.5 Å². The maximum absolute atomic E-state index is 13.1. The van der Waals surface area contributed by atoms with Crippen molar-refractivity contribution in [2.45, 2.75) is 70.1 Å². The molecule has 10 N–H and O–H groups in total. The van der Waals surface area contributed by atoms with Gasteiger partial charge in [0.25, 0.3) is 0 Å². The number of amides is 4. The first kappa shape index (κ1) is 31.8. The van der Waals surface area contributed by atoms with Gasteiger partial charge in [0.1, 0.15) is 23.9 Å². The number of benzene rings is 1. The third kappa shape index (κ3) is 11.7. The Kier molecular flexibility index (Phi) is 12.7. The Morgan fingerprint density at radius 2 is 1.37 bits per heavy atom. The topological polar surface area (TPSA) is 251 Å². The molecule has 0 saturated carbocycles. The molecule has 4 atom stereocenters. The number of phenols is 1. The zero-order valence-electron chi connectivity index (χ0n) is 21.2. The van der Waals surface area contributed by atoms with E-state index in [2.05, 4.69) is 16.0 Å². The number of carbonyl (C=O) groups excluding carboxylic acids is 4. The Bertz CT molecular complexity index is 1010. The van der Waals surface area contributed by atoms with Gasteiger partial charge in [-0.1, -0.05) is 26.0 Å². The number of hydrogen-bond donors (Lipinski definition) is 8. The van der Waals surface area contributed by atoms with Gasteiger partial charge in [-0.15, -0.1) is 0 Å². The number of nitrogens with one attached hydrogen (secondary N) is 3. The summed E-state index contributed by atoms with van der Waals surface area (Å²) in [6.07, 6.45) is -1.29. The minimum Gasteiger partial charge on any atom is -0.508 e. The molecule has 14 nitrogen and oxygen atoms in total. The maximum Gasteiger partial charge on any atom is 0.326 e. The van der Waals surface area contributed by atoms with Crippen molar-refractivity contribution in [3.8, 4) is 5.75 Å². The molecular formula is C24H35N5O9. The number of carboxylic acids is 2. The highest BCUT2D eigenvalue weighted by atomic mass is 16.4. The third-order valence-electron chi connectivity index (χ3n) is 5.37. The molecule has 0 heterocycles. The third-order valence-corrected chi connectivity index (χ3v) is 5.37. The van der Waals surface area contributed by atoms with Crippen molar-refractivity contribution in [3.05, 3.63) is 29.8 Å². The molecule has 0 aliphatic rings. The summed E-state index contributed by atoms with van der Waals surface area (Å²) in [5.41, 5.74) is 11.2. The van der Waals surface area contributed by atoms with Crippen molar-refractivity contribution >= 4 is 35.6 Å². The fraction of sp³-hybridized carbons (Fsp3) is 0.500. The maximum atomic E-state index is 13.1. The first-order valence-electron chi connectivity index (χ1n) is 11.9. The van der Waals surface area contributed by atoms with Gasteiger partial charge in [-0.25, -0.2) is 4.79 Å². The molecule has 4 amide bonds. The van der Waals surface area contributed by atoms with Gasteiger partial charge in [-0.05, 0) is 36.5 Å². The number of nitrogens with two attached hydrogens (primary N) is 2. The van der Waals surface area contributed by atoms with Crippen molar-refractivity contribution in [2.75, 3.05) is 0 Å². The molecule has 0 aliphatic heterocycles. The molecule has 4 unspecified atom stereocenters. The van der Waals surface area contributed by atoms with E-state index in [0.29, 0.717) is 5.56 Å². The number of primary amides is 1. The molecule has 0 saturated heterocycles. The first-order chi connectivity index (χ1) is 17.7. The van der Waals surface area contributed by atoms with Gasteiger partial charge in [-0.3, -0.25) is 24.0 Å². The summed E-state index contributed by atoms with van der Waals surface area (Å²) in [6, 6.07) is 0.289. The molecule has 1 rings (SSSR count). The number of aliphatic carboxylic acids is 2. The summed E-state index contributed by atoms with van der Waals surface area (Å²) >= 11 is 0. The lowest BCUT2D eigenvalue weighted by Crippen LogP contribution is -2.58. The Hall–Kier alpha value is -4.20. The van der Waals surface area contributed by atoms with E-state index in [4.69, 9.17) is 16.6 Å². The summed E-state index contributed by atoms with van der Waals surface area (Å²) in [5, 5.41) is 35.0. The smallest absolute Gasteiger partial charge is 0.326 e. The molecule has 0 bridgehead atoms. The fourth-order valence-corrected chi connectivity index (χ4v) is 3.43. The molecule has 1 aromatic carbocycles. The van der Waals surface area contributed by atoms with Crippen LogP contribution < -0.4 is 27.4 Å². The van der Waals surface area contributed by atoms with E-state index in [1.165, 1.54) is 24.3 Å². The van der Waals surface area contributed by atoms with Crippen LogP contribution in [0.4, 0.5) is 0 Å². The van der Waals surface area contributed by atoms with Crippen molar-refractivity contribution in [2.24, 2.45) is 17.4 Å². The van der Waals surface area contributed by atoms with Crippen LogP contribution in [0.5, 0.6) is 5.75 Å². The lowest BCUT2D eigenvalue weighted by molar-refractivity contribution is -0.142. The van der Waals surface area contributed by atoms with Crippen LogP contribution in [0, 0.1) is 5.92 Å². The minimum absolute atomic E-state index is 0.0337. The van der Waals surface area contributed by atoms with E-state index < -0.39 is 66.2 Å². The van der Waals surface area contributed by atoms with Crippen molar-refractivity contribution in [1.82, 2.24) is 16.0 Å². The molecule has 0 radical (unpaired) electrons. The number of phenolic OH excluding ortho intramolecular Hbond substituents is 1. The normalized spacial score (nSPS) is 14.0. The lowest BCUT2D eigenvalue weighted by Gasteiger charge is -2.25. The van der Waals surface area contributed by atoms with Crippen LogP contribution in [-0.4, -0.2) is 75.1 Å². The van der Waals surface area contributed by atoms with Crippen LogP contribution in [0.3, 0.4) is 0 Å². The van der Waals surface area contributed by atoms with E-state index in [1.807, 2.05) is 0 Å². The summed E-state index contributed by atoms with van der Waals surface area (Å²) in [4.78, 5) is 72.4. The van der Waals surface area contributed by atoms with Gasteiger partial charge >= 0.3 is 11.9 Å². The Balaban J connectivity index is 3.19. The van der Waals surface area contributed by atoms with Crippen molar-refractivity contribution < 1.29 is 44.1 Å². The van der Waals surface area contributed by atoms with E-state index in [0.717, 1.165) is 0 Å². The first-order valence-corrected chi connectivity index (χ1v) is 11.9. The van der Waals surface area contributed by atoms with Crippen LogP contribution in [0.25, 0.3) is 0 Å². The largest absolute Gasteiger partial charge is 0.508 e. The molecular weight excluding hydrogens is 502 g/mol. The van der Waals surface area contributed by atoms with Gasteiger partial charge in [0, 0.05) is 12.8 Å². The lowest BCUT2D eigenvalue weighted by atomic mass is 10.0. The van der Waals surface area contributed by atoms with E-state index >= 15 is 0 Å². The average molecular weight is 538 g/mol. The van der Waals surface area contributed by atoms with Crippen LogP contribution in [0.1, 0.15) is 45.1 Å². The zero-order chi connectivity index (χ0) is 29.0. The number of carboxylic acid groups (broad SMARTS) is 2. The number of rotatable bonds is 16.